The third kappa shape index (κ3) is 9.48. The zero-order chi connectivity index (χ0) is 10.8. The van der Waals surface area contributed by atoms with Gasteiger partial charge < -0.3 is 16.4 Å². The van der Waals surface area contributed by atoms with Crippen LogP contribution in [0.3, 0.4) is 0 Å². The number of amides is 1. The molecule has 0 fully saturated rings. The van der Waals surface area contributed by atoms with Crippen molar-refractivity contribution in [3.63, 3.8) is 0 Å². The summed E-state index contributed by atoms with van der Waals surface area (Å²) in [6.45, 7) is 6.94. The van der Waals surface area contributed by atoms with Crippen LogP contribution in [0.4, 0.5) is 0 Å². The van der Waals surface area contributed by atoms with Crippen LogP contribution in [0.5, 0.6) is 0 Å². The van der Waals surface area contributed by atoms with Crippen LogP contribution in [0, 0.1) is 5.92 Å². The van der Waals surface area contributed by atoms with Gasteiger partial charge in [0.05, 0.1) is 6.54 Å². The Morgan fingerprint density at radius 1 is 1.36 bits per heavy atom. The molecule has 1 amide bonds. The highest BCUT2D eigenvalue weighted by atomic mass is 16.1. The van der Waals surface area contributed by atoms with Crippen molar-refractivity contribution in [1.82, 2.24) is 10.6 Å². The molecule has 0 bridgehead atoms. The average molecular weight is 201 g/mol. The van der Waals surface area contributed by atoms with E-state index >= 15 is 0 Å². The summed E-state index contributed by atoms with van der Waals surface area (Å²) in [5.41, 5.74) is 5.32. The fourth-order valence-electron chi connectivity index (χ4n) is 0.992. The molecule has 0 saturated carbocycles. The third-order valence-electron chi connectivity index (χ3n) is 1.89. The van der Waals surface area contributed by atoms with Gasteiger partial charge in [-0.25, -0.2) is 0 Å². The highest BCUT2D eigenvalue weighted by Crippen LogP contribution is 1.95. The van der Waals surface area contributed by atoms with Gasteiger partial charge in [-0.15, -0.1) is 0 Å². The zero-order valence-electron chi connectivity index (χ0n) is 9.31. The Kier molecular flexibility index (Phi) is 8.57. The maximum Gasteiger partial charge on any atom is 0.233 e. The molecule has 0 aliphatic rings. The molecule has 4 heteroatoms. The third-order valence-corrected chi connectivity index (χ3v) is 1.89. The first kappa shape index (κ1) is 13.4. The SMILES string of the molecule is CC(C)CCNC(=O)CNCCCN. The number of nitrogens with two attached hydrogens (primary N) is 1. The summed E-state index contributed by atoms with van der Waals surface area (Å²) in [4.78, 5) is 11.2. The van der Waals surface area contributed by atoms with Crippen molar-refractivity contribution in [3.8, 4) is 0 Å². The summed E-state index contributed by atoms with van der Waals surface area (Å²) in [5.74, 6) is 0.711. The van der Waals surface area contributed by atoms with Crippen molar-refractivity contribution in [3.05, 3.63) is 0 Å². The molecule has 0 spiro atoms. The van der Waals surface area contributed by atoms with E-state index in [0.29, 0.717) is 19.0 Å². The van der Waals surface area contributed by atoms with Gasteiger partial charge in [0.2, 0.25) is 5.91 Å². The van der Waals surface area contributed by atoms with E-state index in [1.54, 1.807) is 0 Å². The second-order valence-corrected chi connectivity index (χ2v) is 3.85. The minimum atomic E-state index is 0.0719. The Labute approximate surface area is 86.6 Å². The fourth-order valence-corrected chi connectivity index (χ4v) is 0.992. The zero-order valence-corrected chi connectivity index (χ0v) is 9.31. The molecule has 4 N–H and O–H groups in total. The molecule has 84 valence electrons. The van der Waals surface area contributed by atoms with Crippen LogP contribution in [0.1, 0.15) is 26.7 Å². The molecular formula is C10H23N3O. The summed E-state index contributed by atoms with van der Waals surface area (Å²) in [6, 6.07) is 0. The van der Waals surface area contributed by atoms with Crippen LogP contribution in [0.15, 0.2) is 0 Å². The van der Waals surface area contributed by atoms with Gasteiger partial charge in [0.15, 0.2) is 0 Å². The molecule has 0 saturated heterocycles. The Hall–Kier alpha value is -0.610. The highest BCUT2D eigenvalue weighted by Gasteiger charge is 1.99. The lowest BCUT2D eigenvalue weighted by Gasteiger charge is -2.07. The smallest absolute Gasteiger partial charge is 0.233 e. The van der Waals surface area contributed by atoms with Gasteiger partial charge in [0.25, 0.3) is 0 Å². The Morgan fingerprint density at radius 2 is 2.07 bits per heavy atom. The molecule has 0 aromatic heterocycles. The van der Waals surface area contributed by atoms with Crippen molar-refractivity contribution in [2.24, 2.45) is 11.7 Å². The van der Waals surface area contributed by atoms with Crippen molar-refractivity contribution in [1.29, 1.82) is 0 Å². The number of carbonyl (C=O) groups is 1. The number of carbonyl (C=O) groups excluding carboxylic acids is 1. The van der Waals surface area contributed by atoms with Crippen LogP contribution in [-0.2, 0) is 4.79 Å². The number of hydrogen-bond donors (Lipinski definition) is 3. The van der Waals surface area contributed by atoms with Gasteiger partial charge in [-0.3, -0.25) is 4.79 Å². The summed E-state index contributed by atoms with van der Waals surface area (Å²) < 4.78 is 0. The van der Waals surface area contributed by atoms with Gasteiger partial charge in [0, 0.05) is 6.54 Å². The first-order valence-electron chi connectivity index (χ1n) is 5.34. The van der Waals surface area contributed by atoms with E-state index in [1.807, 2.05) is 0 Å². The van der Waals surface area contributed by atoms with Gasteiger partial charge in [-0.1, -0.05) is 13.8 Å². The van der Waals surface area contributed by atoms with E-state index < -0.39 is 0 Å². The van der Waals surface area contributed by atoms with Crippen LogP contribution in [0.2, 0.25) is 0 Å². The van der Waals surface area contributed by atoms with Crippen molar-refractivity contribution >= 4 is 5.91 Å². The Bertz CT molecular complexity index is 148. The van der Waals surface area contributed by atoms with Crippen molar-refractivity contribution < 1.29 is 4.79 Å². The van der Waals surface area contributed by atoms with Gasteiger partial charge in [-0.2, -0.15) is 0 Å². The summed E-state index contributed by atoms with van der Waals surface area (Å²) in [6.07, 6.45) is 1.95. The van der Waals surface area contributed by atoms with Crippen LogP contribution in [0.25, 0.3) is 0 Å². The number of hydrogen-bond acceptors (Lipinski definition) is 3. The molecule has 0 heterocycles. The normalized spacial score (nSPS) is 10.6. The number of rotatable bonds is 8. The topological polar surface area (TPSA) is 67.2 Å². The van der Waals surface area contributed by atoms with E-state index in [0.717, 1.165) is 25.9 Å². The van der Waals surface area contributed by atoms with Gasteiger partial charge >= 0.3 is 0 Å². The van der Waals surface area contributed by atoms with Crippen molar-refractivity contribution in [2.75, 3.05) is 26.2 Å². The monoisotopic (exact) mass is 201 g/mol. The maximum atomic E-state index is 11.2. The van der Waals surface area contributed by atoms with Crippen molar-refractivity contribution in [2.45, 2.75) is 26.7 Å². The highest BCUT2D eigenvalue weighted by molar-refractivity contribution is 5.77. The Balaban J connectivity index is 3.20. The minimum absolute atomic E-state index is 0.0719. The molecule has 0 unspecified atom stereocenters. The predicted molar refractivity (Wildman–Crippen MR) is 59.0 cm³/mol. The minimum Gasteiger partial charge on any atom is -0.355 e. The van der Waals surface area contributed by atoms with Crippen LogP contribution in [-0.4, -0.2) is 32.1 Å². The second-order valence-electron chi connectivity index (χ2n) is 3.85. The standard InChI is InChI=1S/C10H23N3O/c1-9(2)4-7-13-10(14)8-12-6-3-5-11/h9,12H,3-8,11H2,1-2H3,(H,13,14). The summed E-state index contributed by atoms with van der Waals surface area (Å²) in [5, 5.41) is 5.89. The molecule has 0 aliphatic heterocycles. The molecule has 0 atom stereocenters. The lowest BCUT2D eigenvalue weighted by atomic mass is 10.1. The molecule has 0 aromatic carbocycles. The number of nitrogens with one attached hydrogen (secondary N) is 2. The van der Waals surface area contributed by atoms with Crippen LogP contribution >= 0.6 is 0 Å². The summed E-state index contributed by atoms with van der Waals surface area (Å²) in [7, 11) is 0. The lowest BCUT2D eigenvalue weighted by Crippen LogP contribution is -2.35. The maximum absolute atomic E-state index is 11.2. The first-order valence-corrected chi connectivity index (χ1v) is 5.34. The molecule has 0 radical (unpaired) electrons. The quantitative estimate of drug-likeness (QED) is 0.487. The average Bonchev–Trinajstić information content (AvgIpc) is 2.12. The van der Waals surface area contributed by atoms with E-state index in [9.17, 15) is 4.79 Å². The molecule has 0 aliphatic carbocycles. The fraction of sp³-hybridized carbons (Fsp3) is 0.900. The Morgan fingerprint density at radius 3 is 2.64 bits per heavy atom. The molecule has 0 rings (SSSR count). The molecule has 14 heavy (non-hydrogen) atoms. The van der Waals surface area contributed by atoms with Crippen LogP contribution < -0.4 is 16.4 Å². The van der Waals surface area contributed by atoms with E-state index in [1.165, 1.54) is 0 Å². The second kappa shape index (κ2) is 8.97. The van der Waals surface area contributed by atoms with E-state index in [-0.39, 0.29) is 5.91 Å². The first-order chi connectivity index (χ1) is 6.66. The molecule has 0 aromatic rings. The van der Waals surface area contributed by atoms with Gasteiger partial charge in [0.1, 0.15) is 0 Å². The lowest BCUT2D eigenvalue weighted by molar-refractivity contribution is -0.120. The predicted octanol–water partition coefficient (Wildman–Crippen LogP) is 0.0871. The molecular weight excluding hydrogens is 178 g/mol. The van der Waals surface area contributed by atoms with Gasteiger partial charge in [-0.05, 0) is 31.8 Å². The van der Waals surface area contributed by atoms with E-state index in [2.05, 4.69) is 24.5 Å². The summed E-state index contributed by atoms with van der Waals surface area (Å²) >= 11 is 0. The van der Waals surface area contributed by atoms with E-state index in [4.69, 9.17) is 5.73 Å². The molecule has 4 nitrogen and oxygen atoms in total. The largest absolute Gasteiger partial charge is 0.355 e.